The largest absolute Gasteiger partial charge is 0.300 e. The summed E-state index contributed by atoms with van der Waals surface area (Å²) in [7, 11) is 0. The van der Waals surface area contributed by atoms with Gasteiger partial charge < -0.3 is 0 Å². The predicted molar refractivity (Wildman–Crippen MR) is 120 cm³/mol. The van der Waals surface area contributed by atoms with Gasteiger partial charge in [-0.1, -0.05) is 39.8 Å². The fraction of sp³-hybridized carbons (Fsp3) is 0.893. The number of carbonyl (C=O) groups is 1. The van der Waals surface area contributed by atoms with E-state index in [9.17, 15) is 4.79 Å². The van der Waals surface area contributed by atoms with Gasteiger partial charge in [-0.3, -0.25) is 4.79 Å². The molecule has 0 aromatic rings. The second kappa shape index (κ2) is 6.23. The maximum Gasteiger partial charge on any atom is 0.133 e. The molecule has 0 aromatic carbocycles. The van der Waals surface area contributed by atoms with Crippen molar-refractivity contribution in [1.29, 1.82) is 0 Å². The monoisotopic (exact) mass is 396 g/mol. The highest BCUT2D eigenvalue weighted by molar-refractivity contribution is 5.79. The number of hydrogen-bond acceptors (Lipinski definition) is 1. The zero-order chi connectivity index (χ0) is 20.8. The van der Waals surface area contributed by atoms with Crippen molar-refractivity contribution in [2.24, 2.45) is 51.2 Å². The number of fused-ring (bicyclic) bond motifs is 7. The molecule has 0 radical (unpaired) electrons. The highest BCUT2D eigenvalue weighted by Gasteiger charge is 2.68. The molecule has 1 heteroatoms. The summed E-state index contributed by atoms with van der Waals surface area (Å²) >= 11 is 0. The molecular formula is C28H44O. The van der Waals surface area contributed by atoms with Crippen LogP contribution in [0, 0.1) is 51.2 Å². The van der Waals surface area contributed by atoms with E-state index in [-0.39, 0.29) is 0 Å². The second-order valence-electron chi connectivity index (χ2n) is 13.2. The normalized spacial score (nSPS) is 56.7. The second-order valence-corrected chi connectivity index (χ2v) is 13.2. The van der Waals surface area contributed by atoms with E-state index < -0.39 is 0 Å². The predicted octanol–water partition coefficient (Wildman–Crippen LogP) is 7.60. The van der Waals surface area contributed by atoms with Crippen molar-refractivity contribution in [2.45, 2.75) is 105 Å². The number of ketones is 1. The Morgan fingerprint density at radius 2 is 1.66 bits per heavy atom. The van der Waals surface area contributed by atoms with E-state index in [1.807, 2.05) is 0 Å². The molecule has 5 fully saturated rings. The van der Waals surface area contributed by atoms with Crippen LogP contribution in [0.3, 0.4) is 0 Å². The van der Waals surface area contributed by atoms with Gasteiger partial charge in [0.1, 0.15) is 5.78 Å². The third-order valence-corrected chi connectivity index (χ3v) is 12.4. The van der Waals surface area contributed by atoms with E-state index in [0.29, 0.717) is 33.4 Å². The summed E-state index contributed by atoms with van der Waals surface area (Å²) in [5, 5.41) is 0. The van der Waals surface area contributed by atoms with E-state index in [4.69, 9.17) is 0 Å². The summed E-state index contributed by atoms with van der Waals surface area (Å²) in [6.45, 7) is 17.4. The van der Waals surface area contributed by atoms with Crippen LogP contribution in [0.2, 0.25) is 0 Å². The third kappa shape index (κ3) is 2.48. The Bertz CT molecular complexity index is 737. The minimum atomic E-state index is 0.402. The molecule has 0 aliphatic heterocycles. The van der Waals surface area contributed by atoms with Crippen molar-refractivity contribution in [3.05, 3.63) is 12.2 Å². The number of Topliss-reactive ketones (excluding diaryl/α,β-unsaturated/α-hetero) is 1. The fourth-order valence-corrected chi connectivity index (χ4v) is 10.4. The molecule has 0 spiro atoms. The van der Waals surface area contributed by atoms with Crippen LogP contribution in [-0.4, -0.2) is 5.78 Å². The SMILES string of the molecule is C=C(C)[C@@H]1CC[C@@]2(C)CC[C@@]3(C)[C@@H](CC[C@H]4[C@]5(C)CCC(=O)C[C@@H]5CC[C@@]43C)[C@H]12. The van der Waals surface area contributed by atoms with Crippen LogP contribution < -0.4 is 0 Å². The van der Waals surface area contributed by atoms with Crippen molar-refractivity contribution < 1.29 is 4.79 Å². The van der Waals surface area contributed by atoms with Gasteiger partial charge in [-0.25, -0.2) is 0 Å². The smallest absolute Gasteiger partial charge is 0.133 e. The summed E-state index contributed by atoms with van der Waals surface area (Å²) in [4.78, 5) is 12.2. The van der Waals surface area contributed by atoms with Crippen molar-refractivity contribution in [2.75, 3.05) is 0 Å². The Labute approximate surface area is 179 Å². The quantitative estimate of drug-likeness (QED) is 0.417. The maximum atomic E-state index is 12.2. The van der Waals surface area contributed by atoms with Gasteiger partial charge in [0.15, 0.2) is 0 Å². The average molecular weight is 397 g/mol. The molecule has 0 aromatic heterocycles. The van der Waals surface area contributed by atoms with Gasteiger partial charge in [-0.05, 0) is 116 Å². The van der Waals surface area contributed by atoms with Crippen LogP contribution in [0.4, 0.5) is 0 Å². The topological polar surface area (TPSA) is 17.1 Å². The lowest BCUT2D eigenvalue weighted by atomic mass is 9.33. The molecule has 1 nitrogen and oxygen atoms in total. The third-order valence-electron chi connectivity index (χ3n) is 12.4. The molecular weight excluding hydrogens is 352 g/mol. The minimum absolute atomic E-state index is 0.402. The van der Waals surface area contributed by atoms with Gasteiger partial charge in [0.2, 0.25) is 0 Å². The van der Waals surface area contributed by atoms with Crippen LogP contribution in [-0.2, 0) is 4.79 Å². The van der Waals surface area contributed by atoms with Gasteiger partial charge in [-0.15, -0.1) is 0 Å². The standard InChI is InChI=1S/C28H44O/c1-18(2)21-11-12-25(3)15-16-27(5)22(24(21)25)7-8-23-26(4)13-10-20(29)17-19(26)9-14-28(23,27)6/h19,21-24H,1,7-17H2,2-6H3/t19-,21-,22-,23-,24-,25-,26+,27-,28-/m0/s1. The Hall–Kier alpha value is -0.590. The van der Waals surface area contributed by atoms with E-state index >= 15 is 0 Å². The molecule has 0 saturated heterocycles. The van der Waals surface area contributed by atoms with Crippen molar-refractivity contribution in [3.63, 3.8) is 0 Å². The van der Waals surface area contributed by atoms with Crippen LogP contribution in [0.25, 0.3) is 0 Å². The lowest BCUT2D eigenvalue weighted by molar-refractivity contribution is -0.220. The van der Waals surface area contributed by atoms with E-state index in [0.717, 1.165) is 42.9 Å². The first-order valence-corrected chi connectivity index (χ1v) is 12.7. The Balaban J connectivity index is 1.54. The first-order chi connectivity index (χ1) is 13.6. The Morgan fingerprint density at radius 3 is 2.38 bits per heavy atom. The Kier molecular flexibility index (Phi) is 4.36. The molecule has 0 bridgehead atoms. The molecule has 5 rings (SSSR count). The molecule has 5 aliphatic carbocycles. The van der Waals surface area contributed by atoms with Crippen LogP contribution in [0.1, 0.15) is 105 Å². The van der Waals surface area contributed by atoms with E-state index in [2.05, 4.69) is 41.2 Å². The highest BCUT2D eigenvalue weighted by Crippen LogP contribution is 2.76. The van der Waals surface area contributed by atoms with Gasteiger partial charge >= 0.3 is 0 Å². The number of rotatable bonds is 1. The van der Waals surface area contributed by atoms with Crippen LogP contribution in [0.15, 0.2) is 12.2 Å². The molecule has 162 valence electrons. The van der Waals surface area contributed by atoms with E-state index in [1.165, 1.54) is 56.9 Å². The average Bonchev–Trinajstić information content (AvgIpc) is 3.01. The van der Waals surface area contributed by atoms with Gasteiger partial charge in [0.05, 0.1) is 0 Å². The van der Waals surface area contributed by atoms with Crippen molar-refractivity contribution in [1.82, 2.24) is 0 Å². The zero-order valence-electron chi connectivity index (χ0n) is 19.8. The lowest BCUT2D eigenvalue weighted by Crippen LogP contribution is -2.64. The fourth-order valence-electron chi connectivity index (χ4n) is 10.4. The Morgan fingerprint density at radius 1 is 0.897 bits per heavy atom. The van der Waals surface area contributed by atoms with Gasteiger partial charge in [0, 0.05) is 12.8 Å². The highest BCUT2D eigenvalue weighted by atomic mass is 16.1. The van der Waals surface area contributed by atoms with Gasteiger partial charge in [0.25, 0.3) is 0 Å². The molecule has 5 saturated carbocycles. The molecule has 0 unspecified atom stereocenters. The summed E-state index contributed by atoms with van der Waals surface area (Å²) in [5.74, 6) is 4.50. The molecule has 29 heavy (non-hydrogen) atoms. The zero-order valence-corrected chi connectivity index (χ0v) is 19.8. The van der Waals surface area contributed by atoms with Crippen LogP contribution in [0.5, 0.6) is 0 Å². The number of hydrogen-bond donors (Lipinski definition) is 0. The number of carbonyl (C=O) groups excluding carboxylic acids is 1. The maximum absolute atomic E-state index is 12.2. The molecule has 0 amide bonds. The minimum Gasteiger partial charge on any atom is -0.300 e. The van der Waals surface area contributed by atoms with Crippen molar-refractivity contribution >= 4 is 5.78 Å². The molecule has 9 atom stereocenters. The van der Waals surface area contributed by atoms with E-state index in [1.54, 1.807) is 0 Å². The summed E-state index contributed by atoms with van der Waals surface area (Å²) in [6.07, 6.45) is 14.0. The summed E-state index contributed by atoms with van der Waals surface area (Å²) < 4.78 is 0. The van der Waals surface area contributed by atoms with Crippen LogP contribution >= 0.6 is 0 Å². The molecule has 0 heterocycles. The van der Waals surface area contributed by atoms with Gasteiger partial charge in [-0.2, -0.15) is 0 Å². The molecule has 0 N–H and O–H groups in total. The first kappa shape index (κ1) is 20.3. The first-order valence-electron chi connectivity index (χ1n) is 12.7. The number of allylic oxidation sites excluding steroid dienone is 1. The van der Waals surface area contributed by atoms with Crippen molar-refractivity contribution in [3.8, 4) is 0 Å². The lowest BCUT2D eigenvalue weighted by Gasteiger charge is -2.71. The molecule has 5 aliphatic rings. The summed E-state index contributed by atoms with van der Waals surface area (Å²) in [5.41, 5.74) is 3.32. The summed E-state index contributed by atoms with van der Waals surface area (Å²) in [6, 6.07) is 0.